The second-order valence-corrected chi connectivity index (χ2v) is 29.8. The number of para-hydroxylation sites is 2. The van der Waals surface area contributed by atoms with Crippen molar-refractivity contribution >= 4 is 88.7 Å². The smallest absolute Gasteiger partial charge is 0.252 e. The number of nitrogens with zero attached hydrogens (tertiary/aromatic N) is 2. The fourth-order valence-electron chi connectivity index (χ4n) is 12.8. The van der Waals surface area contributed by atoms with E-state index in [0.29, 0.717) is 5.56 Å². The van der Waals surface area contributed by atoms with Crippen molar-refractivity contribution in [1.82, 2.24) is 0 Å². The molecule has 0 spiro atoms. The molecule has 2 aliphatic rings. The maximum atomic E-state index is 9.44. The molecule has 13 rings (SSSR count). The molecule has 10 aromatic carbocycles. The third-order valence-electron chi connectivity index (χ3n) is 17.7. The minimum atomic E-state index is -0.412. The maximum absolute atomic E-state index is 9.44. The van der Waals surface area contributed by atoms with Crippen molar-refractivity contribution in [2.75, 3.05) is 9.80 Å². The lowest BCUT2D eigenvalue weighted by Gasteiger charge is -2.46. The van der Waals surface area contributed by atoms with Gasteiger partial charge in [0, 0.05) is 54.0 Å². The molecule has 2 aliphatic heterocycles. The van der Waals surface area contributed by atoms with Crippen LogP contribution in [-0.2, 0) is 27.1 Å². The van der Waals surface area contributed by atoms with Gasteiger partial charge in [0.25, 0.3) is 6.71 Å². The number of hydrogen-bond donors (Lipinski definition) is 0. The van der Waals surface area contributed by atoms with Crippen LogP contribution in [0.25, 0.3) is 64.7 Å². The van der Waals surface area contributed by atoms with Crippen molar-refractivity contribution in [2.24, 2.45) is 0 Å². The summed E-state index contributed by atoms with van der Waals surface area (Å²) < 4.78 is 47.9. The lowest BCUT2D eigenvalue weighted by molar-refractivity contribution is 0.568. The molecule has 0 atom stereocenters. The first-order chi connectivity index (χ1) is 41.9. The Kier molecular flexibility index (Phi) is 11.7. The summed E-state index contributed by atoms with van der Waals surface area (Å²) >= 11 is 1.82. The Balaban J connectivity index is 1.19. The van der Waals surface area contributed by atoms with Gasteiger partial charge in [-0.15, -0.1) is 11.3 Å². The van der Waals surface area contributed by atoms with Crippen LogP contribution < -0.4 is 26.2 Å². The van der Waals surface area contributed by atoms with Crippen molar-refractivity contribution in [3.8, 4) is 44.5 Å². The molecule has 1 aromatic heterocycles. The van der Waals surface area contributed by atoms with Crippen LogP contribution in [0.4, 0.5) is 34.1 Å². The Morgan fingerprint density at radius 1 is 0.333 bits per heavy atom. The fourth-order valence-corrected chi connectivity index (χ4v) is 13.9. The van der Waals surface area contributed by atoms with E-state index >= 15 is 0 Å². The molecule has 0 unspecified atom stereocenters. The van der Waals surface area contributed by atoms with Gasteiger partial charge in [0.05, 0.1) is 18.2 Å². The van der Waals surface area contributed by atoms with Crippen molar-refractivity contribution in [1.29, 1.82) is 0 Å². The lowest BCUT2D eigenvalue weighted by Crippen LogP contribution is -2.61. The molecule has 3 heterocycles. The highest BCUT2D eigenvalue weighted by molar-refractivity contribution is 7.26. The highest BCUT2D eigenvalue weighted by atomic mass is 32.1. The van der Waals surface area contributed by atoms with E-state index in [9.17, 15) is 2.74 Å². The van der Waals surface area contributed by atoms with Gasteiger partial charge in [-0.3, -0.25) is 0 Å². The molecule has 0 fully saturated rings. The first-order valence-electron chi connectivity index (χ1n) is 32.4. The van der Waals surface area contributed by atoms with E-state index < -0.39 is 12.8 Å². The highest BCUT2D eigenvalue weighted by Crippen LogP contribution is 2.52. The van der Waals surface area contributed by atoms with E-state index in [1.165, 1.54) is 48.0 Å². The van der Waals surface area contributed by atoms with Gasteiger partial charge < -0.3 is 9.80 Å². The number of anilines is 6. The minimum absolute atomic E-state index is 0.118. The number of thiophene rings is 1. The van der Waals surface area contributed by atoms with Crippen molar-refractivity contribution in [3.05, 3.63) is 234 Å². The van der Waals surface area contributed by atoms with Crippen LogP contribution in [0.15, 0.2) is 206 Å². The monoisotopic (exact) mass is 1120 g/mol. The third-order valence-corrected chi connectivity index (χ3v) is 18.8. The average Bonchev–Trinajstić information content (AvgIpc) is 1.06. The fraction of sp³-hybridized carbons (Fsp3) is 0.250. The van der Waals surface area contributed by atoms with Gasteiger partial charge in [-0.2, -0.15) is 0 Å². The van der Waals surface area contributed by atoms with Crippen LogP contribution in [0.3, 0.4) is 0 Å². The zero-order valence-electron chi connectivity index (χ0n) is 56.6. The molecule has 4 heteroatoms. The van der Waals surface area contributed by atoms with Crippen LogP contribution in [0, 0.1) is 0 Å². The quantitative estimate of drug-likeness (QED) is 0.153. The van der Waals surface area contributed by atoms with Crippen molar-refractivity contribution < 1.29 is 6.85 Å². The molecular weight excluding hydrogens is 1030 g/mol. The molecule has 0 saturated carbocycles. The second kappa shape index (κ2) is 19.9. The predicted octanol–water partition coefficient (Wildman–Crippen LogP) is 21.3. The zero-order chi connectivity index (χ0) is 63.3. The summed E-state index contributed by atoms with van der Waals surface area (Å²) in [6, 6.07) is 64.3. The van der Waals surface area contributed by atoms with E-state index in [4.69, 9.17) is 4.11 Å². The lowest BCUT2D eigenvalue weighted by atomic mass is 9.33. The molecule has 84 heavy (non-hydrogen) atoms. The van der Waals surface area contributed by atoms with Crippen LogP contribution in [-0.4, -0.2) is 6.71 Å². The topological polar surface area (TPSA) is 6.48 Å². The molecule has 0 amide bonds. The molecule has 418 valence electrons. The van der Waals surface area contributed by atoms with Crippen molar-refractivity contribution in [3.63, 3.8) is 0 Å². The number of fused-ring (bicyclic) bond motifs is 7. The average molecular weight is 1120 g/mol. The second-order valence-electron chi connectivity index (χ2n) is 28.7. The van der Waals surface area contributed by atoms with Crippen LogP contribution in [0.5, 0.6) is 0 Å². The molecule has 0 saturated heterocycles. The Labute approximate surface area is 512 Å². The first kappa shape index (κ1) is 49.5. The molecule has 0 aliphatic carbocycles. The molecule has 0 radical (unpaired) electrons. The maximum Gasteiger partial charge on any atom is 0.252 e. The van der Waals surface area contributed by atoms with Crippen LogP contribution in [0.1, 0.15) is 139 Å². The van der Waals surface area contributed by atoms with Crippen LogP contribution in [0.2, 0.25) is 0 Å². The first-order valence-corrected chi connectivity index (χ1v) is 30.8. The molecular formula is C80H79BN2S. The third kappa shape index (κ3) is 9.59. The normalized spacial score (nSPS) is 14.4. The number of rotatable bonds is 6. The van der Waals surface area contributed by atoms with Crippen molar-refractivity contribution in [2.45, 2.75) is 131 Å². The summed E-state index contributed by atoms with van der Waals surface area (Å²) in [5, 5.41) is 2.46. The summed E-state index contributed by atoms with van der Waals surface area (Å²) in [6.45, 7) is 34.2. The van der Waals surface area contributed by atoms with E-state index in [1.807, 2.05) is 17.4 Å². The Hall–Kier alpha value is -7.92. The summed E-state index contributed by atoms with van der Waals surface area (Å²) in [5.74, 6) is 0. The zero-order valence-corrected chi connectivity index (χ0v) is 52.4. The molecule has 11 aromatic rings. The SMILES string of the molecule is [2H]c1c([2H])c([2H])c(-c2ccc3c(c2)B2c4cc(-c5cccc6sc7ccccc7c56)ccc4N(c4ccccc4-c4cc(C(C)(C)C)cc(C(C)(C)C)c4)c4cc(C(C)(C)C)cc(c42)N3c2ccccc2-c2cc(C(C)(C)C)cc(C(C)(C)C)c2)c([2H])c1[2H]. The van der Waals surface area contributed by atoms with Gasteiger partial charge in [0.2, 0.25) is 0 Å². The van der Waals surface area contributed by atoms with Crippen LogP contribution >= 0.6 is 11.3 Å². The van der Waals surface area contributed by atoms with E-state index in [0.717, 1.165) is 83.9 Å². The Bertz CT molecular complexity index is 4620. The summed E-state index contributed by atoms with van der Waals surface area (Å²) in [6.07, 6.45) is 0. The summed E-state index contributed by atoms with van der Waals surface area (Å²) in [5.41, 5.74) is 22.3. The van der Waals surface area contributed by atoms with Gasteiger partial charge in [0.1, 0.15) is 0 Å². The number of benzene rings is 10. The Morgan fingerprint density at radius 2 is 0.750 bits per heavy atom. The van der Waals surface area contributed by atoms with Gasteiger partial charge in [-0.05, 0) is 153 Å². The summed E-state index contributed by atoms with van der Waals surface area (Å²) in [4.78, 5) is 5.04. The molecule has 0 bridgehead atoms. The van der Waals surface area contributed by atoms with E-state index in [-0.39, 0.29) is 56.8 Å². The predicted molar refractivity (Wildman–Crippen MR) is 369 cm³/mol. The standard InChI is InChI=1S/C80H79BN2S/c1-76(2,3)55-40-53(41-56(46-55)77(4,5)6)60-28-19-22-32-66(60)82-68-38-36-51(50-26-17-16-18-27-50)44-64(68)81-65-45-52(62-31-25-35-73-74(62)63-30-21-24-34-72(63)84-73)37-39-69(65)83(71-49-59(80(13,14)15)48-70(82)75(71)81)67-33-23-20-29-61(67)54-42-57(78(7,8)9)47-58(43-54)79(10,11)12/h16-49H,1-15H3/i16D,17D,18D,26D,27D. The molecule has 2 nitrogen and oxygen atoms in total. The summed E-state index contributed by atoms with van der Waals surface area (Å²) in [7, 11) is 0. The molecule has 0 N–H and O–H groups in total. The van der Waals surface area contributed by atoms with Gasteiger partial charge >= 0.3 is 0 Å². The van der Waals surface area contributed by atoms with E-state index in [2.05, 4.69) is 284 Å². The number of hydrogen-bond acceptors (Lipinski definition) is 3. The Morgan fingerprint density at radius 3 is 1.25 bits per heavy atom. The largest absolute Gasteiger partial charge is 0.311 e. The van der Waals surface area contributed by atoms with Gasteiger partial charge in [-0.25, -0.2) is 0 Å². The van der Waals surface area contributed by atoms with Gasteiger partial charge in [-0.1, -0.05) is 261 Å². The minimum Gasteiger partial charge on any atom is -0.311 e. The van der Waals surface area contributed by atoms with Gasteiger partial charge in [0.15, 0.2) is 0 Å². The van der Waals surface area contributed by atoms with E-state index in [1.54, 1.807) is 0 Å². The highest BCUT2D eigenvalue weighted by Gasteiger charge is 2.45.